The summed E-state index contributed by atoms with van der Waals surface area (Å²) in [6, 6.07) is 12.9. The van der Waals surface area contributed by atoms with E-state index in [9.17, 15) is 18.8 Å². The van der Waals surface area contributed by atoms with Crippen LogP contribution in [0.4, 0.5) is 10.1 Å². The third kappa shape index (κ3) is 4.78. The van der Waals surface area contributed by atoms with Crippen LogP contribution in [-0.4, -0.2) is 35.6 Å². The molecule has 0 saturated carbocycles. The van der Waals surface area contributed by atoms with E-state index in [0.29, 0.717) is 30.8 Å². The molecule has 0 unspecified atom stereocenters. The van der Waals surface area contributed by atoms with E-state index in [1.54, 1.807) is 41.3 Å². The maximum atomic E-state index is 12.9. The predicted octanol–water partition coefficient (Wildman–Crippen LogP) is 3.06. The Kier molecular flexibility index (Phi) is 5.64. The highest BCUT2D eigenvalue weighted by Gasteiger charge is 2.34. The van der Waals surface area contributed by atoms with E-state index >= 15 is 0 Å². The number of anilines is 1. The Morgan fingerprint density at radius 3 is 2.41 bits per heavy atom. The first-order valence-corrected chi connectivity index (χ1v) is 8.86. The number of nitrogens with one attached hydrogen (secondary N) is 1. The van der Waals surface area contributed by atoms with Crippen LogP contribution in [0, 0.1) is 11.7 Å². The fraction of sp³-hybridized carbons (Fsp3) is 0.286. The minimum atomic E-state index is -0.404. The molecule has 1 heterocycles. The molecule has 0 aromatic heterocycles. The second-order valence-electron chi connectivity index (χ2n) is 6.74. The van der Waals surface area contributed by atoms with Gasteiger partial charge in [0, 0.05) is 30.8 Å². The lowest BCUT2D eigenvalue weighted by Gasteiger charge is -2.16. The van der Waals surface area contributed by atoms with Crippen molar-refractivity contribution in [2.45, 2.75) is 19.8 Å². The summed E-state index contributed by atoms with van der Waals surface area (Å²) in [6.45, 7) is 2.36. The quantitative estimate of drug-likeness (QED) is 0.797. The summed E-state index contributed by atoms with van der Waals surface area (Å²) >= 11 is 0. The largest absolute Gasteiger partial charge is 0.342 e. The minimum absolute atomic E-state index is 0.0361. The third-order valence-corrected chi connectivity index (χ3v) is 4.73. The number of halogens is 1. The van der Waals surface area contributed by atoms with Crippen LogP contribution in [0.2, 0.25) is 0 Å². The lowest BCUT2D eigenvalue weighted by atomic mass is 10.1. The van der Waals surface area contributed by atoms with Crippen LogP contribution < -0.4 is 5.32 Å². The first kappa shape index (κ1) is 18.8. The van der Waals surface area contributed by atoms with Gasteiger partial charge in [-0.1, -0.05) is 12.1 Å². The van der Waals surface area contributed by atoms with E-state index in [1.807, 2.05) is 0 Å². The number of hydrogen-bond donors (Lipinski definition) is 1. The van der Waals surface area contributed by atoms with Gasteiger partial charge >= 0.3 is 0 Å². The Labute approximate surface area is 157 Å². The molecule has 1 aliphatic heterocycles. The number of hydrogen-bond acceptors (Lipinski definition) is 3. The van der Waals surface area contributed by atoms with E-state index < -0.39 is 5.92 Å². The number of carbonyl (C=O) groups is 3. The topological polar surface area (TPSA) is 66.5 Å². The summed E-state index contributed by atoms with van der Waals surface area (Å²) in [5.74, 6) is -0.985. The normalized spacial score (nSPS) is 16.4. The van der Waals surface area contributed by atoms with Crippen molar-refractivity contribution < 1.29 is 18.8 Å². The molecule has 1 saturated heterocycles. The molecule has 1 N–H and O–H groups in total. The van der Waals surface area contributed by atoms with Crippen molar-refractivity contribution in [3.63, 3.8) is 0 Å². The van der Waals surface area contributed by atoms with E-state index in [1.165, 1.54) is 19.1 Å². The zero-order valence-corrected chi connectivity index (χ0v) is 15.1. The van der Waals surface area contributed by atoms with Crippen LogP contribution in [0.3, 0.4) is 0 Å². The molecule has 1 fully saturated rings. The van der Waals surface area contributed by atoms with Crippen molar-refractivity contribution in [2.75, 3.05) is 18.4 Å². The van der Waals surface area contributed by atoms with Crippen molar-refractivity contribution in [2.24, 2.45) is 5.92 Å². The Morgan fingerprint density at radius 2 is 1.78 bits per heavy atom. The van der Waals surface area contributed by atoms with Gasteiger partial charge in [-0.25, -0.2) is 4.39 Å². The van der Waals surface area contributed by atoms with Gasteiger partial charge in [0.05, 0.1) is 5.92 Å². The van der Waals surface area contributed by atoms with Gasteiger partial charge < -0.3 is 10.2 Å². The summed E-state index contributed by atoms with van der Waals surface area (Å²) < 4.78 is 12.9. The second-order valence-corrected chi connectivity index (χ2v) is 6.74. The fourth-order valence-corrected chi connectivity index (χ4v) is 3.11. The highest BCUT2D eigenvalue weighted by molar-refractivity contribution is 5.98. The van der Waals surface area contributed by atoms with Crippen LogP contribution in [0.15, 0.2) is 48.5 Å². The van der Waals surface area contributed by atoms with Gasteiger partial charge in [-0.15, -0.1) is 0 Å². The van der Waals surface area contributed by atoms with Gasteiger partial charge in [-0.3, -0.25) is 14.4 Å². The Bertz CT molecular complexity index is 847. The molecule has 27 heavy (non-hydrogen) atoms. The monoisotopic (exact) mass is 368 g/mol. The van der Waals surface area contributed by atoms with Gasteiger partial charge in [0.1, 0.15) is 5.82 Å². The van der Waals surface area contributed by atoms with Crippen LogP contribution in [0.5, 0.6) is 0 Å². The molecule has 0 spiro atoms. The summed E-state index contributed by atoms with van der Waals surface area (Å²) in [5, 5.41) is 2.80. The summed E-state index contributed by atoms with van der Waals surface area (Å²) in [4.78, 5) is 37.6. The number of ketones is 1. The van der Waals surface area contributed by atoms with Crippen molar-refractivity contribution in [1.29, 1.82) is 0 Å². The Morgan fingerprint density at radius 1 is 1.11 bits per heavy atom. The van der Waals surface area contributed by atoms with Gasteiger partial charge in [0.25, 0.3) is 0 Å². The van der Waals surface area contributed by atoms with Crippen LogP contribution in [-0.2, 0) is 16.0 Å². The zero-order valence-electron chi connectivity index (χ0n) is 15.1. The molecule has 1 aliphatic rings. The van der Waals surface area contributed by atoms with Crippen molar-refractivity contribution >= 4 is 23.3 Å². The van der Waals surface area contributed by atoms with Crippen LogP contribution in [0.1, 0.15) is 29.3 Å². The molecule has 0 radical (unpaired) electrons. The highest BCUT2D eigenvalue weighted by atomic mass is 19.1. The zero-order chi connectivity index (χ0) is 19.4. The van der Waals surface area contributed by atoms with Gasteiger partial charge in [-0.2, -0.15) is 0 Å². The molecular formula is C21H21FN2O3. The van der Waals surface area contributed by atoms with Crippen LogP contribution >= 0.6 is 0 Å². The Hall–Kier alpha value is -3.02. The number of benzene rings is 2. The van der Waals surface area contributed by atoms with E-state index in [0.717, 1.165) is 5.56 Å². The standard InChI is InChI=1S/C21H21FN2O3/c1-14(25)16-4-8-19(9-5-16)23-21(27)17-12-20(26)24(13-17)11-10-15-2-6-18(22)7-3-15/h2-9,17H,10-13H2,1H3,(H,23,27)/t17-/m0/s1. The SMILES string of the molecule is CC(=O)c1ccc(NC(=O)[C@H]2CC(=O)N(CCc3ccc(F)cc3)C2)cc1. The van der Waals surface area contributed by atoms with E-state index in [-0.39, 0.29) is 29.8 Å². The maximum absolute atomic E-state index is 12.9. The number of nitrogens with zero attached hydrogens (tertiary/aromatic N) is 1. The summed E-state index contributed by atoms with van der Waals surface area (Å²) in [5.41, 5.74) is 2.13. The first-order valence-electron chi connectivity index (χ1n) is 8.86. The number of Topliss-reactive ketones (excluding diaryl/α,β-unsaturated/α-hetero) is 1. The average Bonchev–Trinajstić information content (AvgIpc) is 3.03. The average molecular weight is 368 g/mol. The lowest BCUT2D eigenvalue weighted by molar-refractivity contribution is -0.128. The van der Waals surface area contributed by atoms with Gasteiger partial charge in [0.2, 0.25) is 11.8 Å². The number of rotatable bonds is 6. The molecule has 140 valence electrons. The molecular weight excluding hydrogens is 347 g/mol. The smallest absolute Gasteiger partial charge is 0.229 e. The summed E-state index contributed by atoms with van der Waals surface area (Å²) in [6.07, 6.45) is 0.799. The maximum Gasteiger partial charge on any atom is 0.229 e. The number of carbonyl (C=O) groups excluding carboxylic acids is 3. The third-order valence-electron chi connectivity index (χ3n) is 4.73. The molecule has 3 rings (SSSR count). The molecule has 2 amide bonds. The second kappa shape index (κ2) is 8.12. The number of amides is 2. The van der Waals surface area contributed by atoms with Crippen molar-refractivity contribution in [1.82, 2.24) is 4.90 Å². The molecule has 6 heteroatoms. The van der Waals surface area contributed by atoms with E-state index in [4.69, 9.17) is 0 Å². The van der Waals surface area contributed by atoms with Crippen molar-refractivity contribution in [3.8, 4) is 0 Å². The first-order chi connectivity index (χ1) is 12.9. The molecule has 2 aromatic carbocycles. The van der Waals surface area contributed by atoms with Gasteiger partial charge in [0.15, 0.2) is 5.78 Å². The van der Waals surface area contributed by atoms with E-state index in [2.05, 4.69) is 5.32 Å². The molecule has 5 nitrogen and oxygen atoms in total. The Balaban J connectivity index is 1.53. The molecule has 0 aliphatic carbocycles. The van der Waals surface area contributed by atoms with Crippen LogP contribution in [0.25, 0.3) is 0 Å². The molecule has 1 atom stereocenters. The van der Waals surface area contributed by atoms with Gasteiger partial charge in [-0.05, 0) is 55.3 Å². The lowest BCUT2D eigenvalue weighted by Crippen LogP contribution is -2.30. The fourth-order valence-electron chi connectivity index (χ4n) is 3.11. The van der Waals surface area contributed by atoms with Crippen molar-refractivity contribution in [3.05, 3.63) is 65.5 Å². The minimum Gasteiger partial charge on any atom is -0.342 e. The molecule has 2 aromatic rings. The highest BCUT2D eigenvalue weighted by Crippen LogP contribution is 2.21. The predicted molar refractivity (Wildman–Crippen MR) is 99.9 cm³/mol. The molecule has 0 bridgehead atoms. The summed E-state index contributed by atoms with van der Waals surface area (Å²) in [7, 11) is 0. The number of likely N-dealkylation sites (tertiary alicyclic amines) is 1.